The van der Waals surface area contributed by atoms with Gasteiger partial charge in [0.1, 0.15) is 6.73 Å². The zero-order chi connectivity index (χ0) is 26.9. The predicted octanol–water partition coefficient (Wildman–Crippen LogP) is 4.08. The molecule has 2 atom stereocenters. The first-order chi connectivity index (χ1) is 16.4. The van der Waals surface area contributed by atoms with Crippen LogP contribution in [0.5, 0.6) is 5.75 Å². The van der Waals surface area contributed by atoms with Crippen molar-refractivity contribution >= 4 is 30.0 Å². The molecule has 2 amide bonds. The number of carbonyl (C=O) groups is 3. The molecule has 0 aromatic heterocycles. The Bertz CT molecular complexity index is 934. The number of esters is 1. The van der Waals surface area contributed by atoms with E-state index in [2.05, 4.69) is 10.1 Å². The van der Waals surface area contributed by atoms with Gasteiger partial charge in [0.15, 0.2) is 6.10 Å². The summed E-state index contributed by atoms with van der Waals surface area (Å²) in [5, 5.41) is 2.23. The summed E-state index contributed by atoms with van der Waals surface area (Å²) in [6.45, 7) is 6.20. The van der Waals surface area contributed by atoms with E-state index in [0.717, 1.165) is 23.0 Å². The topological polar surface area (TPSA) is 94.2 Å². The Kier molecular flexibility index (Phi) is 12.0. The maximum atomic E-state index is 13.7. The highest BCUT2D eigenvalue weighted by Gasteiger charge is 2.33. The van der Waals surface area contributed by atoms with Gasteiger partial charge in [-0.15, -0.1) is 0 Å². The van der Waals surface area contributed by atoms with E-state index >= 15 is 0 Å². The van der Waals surface area contributed by atoms with E-state index in [1.54, 1.807) is 20.8 Å². The van der Waals surface area contributed by atoms with Crippen molar-refractivity contribution in [3.8, 4) is 5.75 Å². The summed E-state index contributed by atoms with van der Waals surface area (Å²) in [5.74, 6) is -15.4. The number of halogens is 5. The number of alkyl carbamates (subject to hydrolysis) is 1. The number of hydrogen-bond donors (Lipinski definition) is 1. The van der Waals surface area contributed by atoms with E-state index in [1.807, 2.05) is 0 Å². The van der Waals surface area contributed by atoms with Gasteiger partial charge in [-0.05, 0) is 24.9 Å². The molecule has 2 unspecified atom stereocenters. The minimum absolute atomic E-state index is 0.296. The molecule has 35 heavy (non-hydrogen) atoms. The molecule has 0 saturated heterocycles. The lowest BCUT2D eigenvalue weighted by atomic mass is 10.1. The van der Waals surface area contributed by atoms with Crippen molar-refractivity contribution in [2.24, 2.45) is 5.92 Å². The first kappa shape index (κ1) is 30.2. The van der Waals surface area contributed by atoms with Crippen LogP contribution in [0.15, 0.2) is 12.2 Å². The van der Waals surface area contributed by atoms with Gasteiger partial charge in [-0.25, -0.2) is 22.8 Å². The van der Waals surface area contributed by atoms with Crippen LogP contribution in [0.25, 0.3) is 0 Å². The van der Waals surface area contributed by atoms with E-state index in [0.29, 0.717) is 11.8 Å². The summed E-state index contributed by atoms with van der Waals surface area (Å²) in [5.41, 5.74) is 0. The number of hydrogen-bond acceptors (Lipinski definition) is 7. The highest BCUT2D eigenvalue weighted by atomic mass is 32.2. The molecule has 0 aliphatic heterocycles. The summed E-state index contributed by atoms with van der Waals surface area (Å²) < 4.78 is 81.9. The van der Waals surface area contributed by atoms with E-state index in [9.17, 15) is 36.3 Å². The van der Waals surface area contributed by atoms with Crippen LogP contribution in [-0.2, 0) is 18.5 Å². The monoisotopic (exact) mass is 528 g/mol. The molecule has 1 aromatic carbocycles. The van der Waals surface area contributed by atoms with Crippen molar-refractivity contribution in [1.29, 1.82) is 0 Å². The summed E-state index contributed by atoms with van der Waals surface area (Å²) in [6, 6.07) is -0.918. The summed E-state index contributed by atoms with van der Waals surface area (Å²) in [7, 11) is 1.31. The lowest BCUT2D eigenvalue weighted by molar-refractivity contribution is -0.146. The first-order valence-corrected chi connectivity index (χ1v) is 11.1. The largest absolute Gasteiger partial charge is 0.436 e. The average Bonchev–Trinajstić information content (AvgIpc) is 2.83. The Balaban J connectivity index is 3.12. The van der Waals surface area contributed by atoms with Crippen LogP contribution in [0.3, 0.4) is 0 Å². The SMILES string of the molecule is CCSOCN(C(=O)C(OC(=O)NC)C(C)C)C(C)/C=C/C(=O)Oc1c(F)c(F)c(F)c(F)c1F. The van der Waals surface area contributed by atoms with E-state index < -0.39 is 70.9 Å². The second-order valence-corrected chi connectivity index (χ2v) is 8.25. The number of ether oxygens (including phenoxy) is 2. The molecule has 1 aromatic rings. The fourth-order valence-corrected chi connectivity index (χ4v) is 2.85. The van der Waals surface area contributed by atoms with E-state index in [1.165, 1.54) is 14.0 Å². The van der Waals surface area contributed by atoms with Gasteiger partial charge in [-0.1, -0.05) is 26.8 Å². The van der Waals surface area contributed by atoms with E-state index in [4.69, 9.17) is 8.92 Å². The number of rotatable bonds is 11. The Morgan fingerprint density at radius 2 is 1.54 bits per heavy atom. The molecule has 0 saturated carbocycles. The quantitative estimate of drug-likeness (QED) is 0.0532. The first-order valence-electron chi connectivity index (χ1n) is 10.2. The summed E-state index contributed by atoms with van der Waals surface area (Å²) in [4.78, 5) is 37.8. The molecule has 0 bridgehead atoms. The van der Waals surface area contributed by atoms with Gasteiger partial charge in [0.05, 0.1) is 6.04 Å². The zero-order valence-corrected chi connectivity index (χ0v) is 20.3. The van der Waals surface area contributed by atoms with Crippen molar-refractivity contribution in [2.45, 2.75) is 39.8 Å². The Morgan fingerprint density at radius 3 is 2.03 bits per heavy atom. The number of amides is 2. The van der Waals surface area contributed by atoms with Crippen LogP contribution < -0.4 is 10.1 Å². The van der Waals surface area contributed by atoms with Crippen LogP contribution in [0.2, 0.25) is 0 Å². The third kappa shape index (κ3) is 8.09. The molecular weight excluding hydrogens is 503 g/mol. The third-order valence-corrected chi connectivity index (χ3v) is 4.85. The standard InChI is InChI=1S/C21H25F5N2O6S/c1-6-35-32-9-28(20(30)18(10(2)3)34-21(31)27-5)11(4)7-8-12(29)33-19-16(25)14(23)13(22)15(24)17(19)26/h7-8,10-11,18H,6,9H2,1-5H3,(H,27,31)/b8-7+. The third-order valence-electron chi connectivity index (χ3n) is 4.34. The molecule has 0 spiro atoms. The van der Waals surface area contributed by atoms with Gasteiger partial charge in [0.2, 0.25) is 34.8 Å². The average molecular weight is 528 g/mol. The molecule has 1 N–H and O–H groups in total. The molecule has 0 radical (unpaired) electrons. The van der Waals surface area contributed by atoms with Crippen LogP contribution in [-0.4, -0.2) is 54.5 Å². The van der Waals surface area contributed by atoms with E-state index in [-0.39, 0.29) is 6.73 Å². The molecule has 1 rings (SSSR count). The molecule has 0 fully saturated rings. The van der Waals surface area contributed by atoms with Crippen molar-refractivity contribution in [2.75, 3.05) is 19.5 Å². The summed E-state index contributed by atoms with van der Waals surface area (Å²) in [6.07, 6.45) is -0.361. The smallest absolute Gasteiger partial charge is 0.407 e. The van der Waals surface area contributed by atoms with Gasteiger partial charge in [0, 0.05) is 18.9 Å². The van der Waals surface area contributed by atoms with Crippen LogP contribution in [0.4, 0.5) is 26.7 Å². The maximum Gasteiger partial charge on any atom is 0.407 e. The van der Waals surface area contributed by atoms with Crippen molar-refractivity contribution in [1.82, 2.24) is 10.2 Å². The van der Waals surface area contributed by atoms with Gasteiger partial charge in [-0.3, -0.25) is 8.98 Å². The predicted molar refractivity (Wildman–Crippen MR) is 116 cm³/mol. The Hall–Kier alpha value is -2.87. The second kappa shape index (κ2) is 13.9. The van der Waals surface area contributed by atoms with Gasteiger partial charge in [-0.2, -0.15) is 8.78 Å². The lowest BCUT2D eigenvalue weighted by Gasteiger charge is -2.31. The normalized spacial score (nSPS) is 13.0. The molecule has 196 valence electrons. The second-order valence-electron chi connectivity index (χ2n) is 7.20. The highest BCUT2D eigenvalue weighted by Crippen LogP contribution is 2.29. The zero-order valence-electron chi connectivity index (χ0n) is 19.5. The highest BCUT2D eigenvalue weighted by molar-refractivity contribution is 7.94. The van der Waals surface area contributed by atoms with Crippen LogP contribution in [0.1, 0.15) is 27.7 Å². The molecule has 0 aliphatic carbocycles. The fourth-order valence-electron chi connectivity index (χ4n) is 2.50. The number of carbonyl (C=O) groups excluding carboxylic acids is 3. The maximum absolute atomic E-state index is 13.7. The van der Waals surface area contributed by atoms with Crippen LogP contribution >= 0.6 is 12.0 Å². The van der Waals surface area contributed by atoms with Crippen LogP contribution in [0, 0.1) is 35.0 Å². The number of benzene rings is 1. The Labute approximate surface area is 203 Å². The number of nitrogens with one attached hydrogen (secondary N) is 1. The fraction of sp³-hybridized carbons (Fsp3) is 0.476. The summed E-state index contributed by atoms with van der Waals surface area (Å²) >= 11 is 1.03. The minimum Gasteiger partial charge on any atom is -0.436 e. The lowest BCUT2D eigenvalue weighted by Crippen LogP contribution is -2.48. The van der Waals surface area contributed by atoms with Crippen molar-refractivity contribution < 1.29 is 50.0 Å². The molecule has 8 nitrogen and oxygen atoms in total. The van der Waals surface area contributed by atoms with Gasteiger partial charge in [0.25, 0.3) is 5.91 Å². The molecule has 14 heteroatoms. The van der Waals surface area contributed by atoms with Crippen molar-refractivity contribution in [3.05, 3.63) is 41.2 Å². The molecule has 0 aliphatic rings. The van der Waals surface area contributed by atoms with Gasteiger partial charge < -0.3 is 19.7 Å². The number of nitrogens with zero attached hydrogens (tertiary/aromatic N) is 1. The Morgan fingerprint density at radius 1 is 1.00 bits per heavy atom. The molecule has 0 heterocycles. The van der Waals surface area contributed by atoms with Gasteiger partial charge >= 0.3 is 12.1 Å². The molecular formula is C21H25F5N2O6S. The van der Waals surface area contributed by atoms with Crippen molar-refractivity contribution in [3.63, 3.8) is 0 Å². The minimum atomic E-state index is -2.40.